The van der Waals surface area contributed by atoms with Crippen LogP contribution >= 0.6 is 0 Å². The first-order valence-electron chi connectivity index (χ1n) is 7.81. The molecule has 0 aliphatic heterocycles. The van der Waals surface area contributed by atoms with Gasteiger partial charge >= 0.3 is 0 Å². The second-order valence-electron chi connectivity index (χ2n) is 5.82. The van der Waals surface area contributed by atoms with Gasteiger partial charge in [0.15, 0.2) is 0 Å². The fraction of sp³-hybridized carbons (Fsp3) is 0. The fourth-order valence-corrected chi connectivity index (χ4v) is 2.90. The lowest BCUT2D eigenvalue weighted by Gasteiger charge is -2.04. The minimum Gasteiger partial charge on any atom is -0.508 e. The first kappa shape index (κ1) is 15.5. The molecule has 0 fully saturated rings. The van der Waals surface area contributed by atoms with Crippen LogP contribution in [0.2, 0.25) is 0 Å². The van der Waals surface area contributed by atoms with Crippen LogP contribution in [0.25, 0.3) is 27.8 Å². The number of phenolic OH excluding ortho intramolecular Hbond substituents is 3. The fourth-order valence-electron chi connectivity index (χ4n) is 2.90. The third kappa shape index (κ3) is 2.48. The van der Waals surface area contributed by atoms with Gasteiger partial charge in [0, 0.05) is 23.1 Å². The van der Waals surface area contributed by atoms with Crippen LogP contribution in [0.5, 0.6) is 17.2 Å². The highest BCUT2D eigenvalue weighted by atomic mass is 16.3. The number of fused-ring (bicyclic) bond motifs is 1. The predicted octanol–water partition coefficient (Wildman–Crippen LogP) is 3.68. The van der Waals surface area contributed by atoms with Crippen LogP contribution in [0.3, 0.4) is 0 Å². The number of nitriles is 1. The molecule has 126 valence electrons. The molecule has 0 spiro atoms. The third-order valence-electron chi connectivity index (χ3n) is 4.14. The molecule has 0 atom stereocenters. The van der Waals surface area contributed by atoms with Crippen molar-refractivity contribution in [2.75, 3.05) is 0 Å². The van der Waals surface area contributed by atoms with Crippen LogP contribution in [-0.4, -0.2) is 25.1 Å². The first-order chi connectivity index (χ1) is 12.6. The Morgan fingerprint density at radius 1 is 0.846 bits per heavy atom. The Morgan fingerprint density at radius 3 is 2.23 bits per heavy atom. The number of aromatic nitrogens is 2. The summed E-state index contributed by atoms with van der Waals surface area (Å²) >= 11 is 0. The standard InChI is InChI=1S/C20H13N3O3/c21-11-12-1-3-13(4-2-12)23-18-9-14(24)5-7-16(18)20(22-23)17-8-6-15(25)10-19(17)26/h1-10,24-26H. The smallest absolute Gasteiger partial charge is 0.128 e. The van der Waals surface area contributed by atoms with E-state index in [0.717, 1.165) is 5.39 Å². The minimum absolute atomic E-state index is 0.0419. The van der Waals surface area contributed by atoms with Gasteiger partial charge in [-0.15, -0.1) is 0 Å². The number of phenols is 3. The molecule has 3 aromatic carbocycles. The van der Waals surface area contributed by atoms with E-state index in [1.807, 2.05) is 0 Å². The highest BCUT2D eigenvalue weighted by molar-refractivity contribution is 5.96. The van der Waals surface area contributed by atoms with Crippen LogP contribution in [0.1, 0.15) is 5.56 Å². The summed E-state index contributed by atoms with van der Waals surface area (Å²) in [6.07, 6.45) is 0. The molecule has 4 aromatic rings. The Labute approximate surface area is 148 Å². The SMILES string of the molecule is N#Cc1ccc(-n2nc(-c3ccc(O)cc3O)c3ccc(O)cc32)cc1. The maximum Gasteiger partial charge on any atom is 0.128 e. The molecule has 4 rings (SSSR count). The topological polar surface area (TPSA) is 102 Å². The van der Waals surface area contributed by atoms with E-state index in [-0.39, 0.29) is 17.2 Å². The van der Waals surface area contributed by atoms with Gasteiger partial charge < -0.3 is 15.3 Å². The van der Waals surface area contributed by atoms with Gasteiger partial charge in [0.1, 0.15) is 22.9 Å². The molecule has 0 amide bonds. The predicted molar refractivity (Wildman–Crippen MR) is 96.2 cm³/mol. The normalized spacial score (nSPS) is 10.7. The van der Waals surface area contributed by atoms with E-state index in [4.69, 9.17) is 5.26 Å². The van der Waals surface area contributed by atoms with Gasteiger partial charge in [-0.05, 0) is 48.5 Å². The molecule has 0 aliphatic rings. The van der Waals surface area contributed by atoms with Crippen molar-refractivity contribution in [3.05, 3.63) is 66.2 Å². The number of hydrogen-bond acceptors (Lipinski definition) is 5. The minimum atomic E-state index is -0.0931. The highest BCUT2D eigenvalue weighted by Crippen LogP contribution is 2.37. The molecule has 0 radical (unpaired) electrons. The molecule has 26 heavy (non-hydrogen) atoms. The van der Waals surface area contributed by atoms with Gasteiger partial charge in [0.25, 0.3) is 0 Å². The van der Waals surface area contributed by atoms with Crippen molar-refractivity contribution in [1.29, 1.82) is 5.26 Å². The molecule has 0 aliphatic carbocycles. The van der Waals surface area contributed by atoms with E-state index in [0.29, 0.717) is 28.0 Å². The summed E-state index contributed by atoms with van der Waals surface area (Å²) in [6.45, 7) is 0. The van der Waals surface area contributed by atoms with Gasteiger partial charge in [0.05, 0.1) is 22.8 Å². The van der Waals surface area contributed by atoms with Crippen LogP contribution in [0, 0.1) is 11.3 Å². The summed E-state index contributed by atoms with van der Waals surface area (Å²) in [5.41, 5.74) is 2.87. The lowest BCUT2D eigenvalue weighted by Crippen LogP contribution is -1.96. The zero-order valence-electron chi connectivity index (χ0n) is 13.5. The highest BCUT2D eigenvalue weighted by Gasteiger charge is 2.17. The molecular weight excluding hydrogens is 330 g/mol. The average molecular weight is 343 g/mol. The van der Waals surface area contributed by atoms with Crippen LogP contribution in [0.15, 0.2) is 60.7 Å². The summed E-state index contributed by atoms with van der Waals surface area (Å²) in [7, 11) is 0. The summed E-state index contributed by atoms with van der Waals surface area (Å²) in [5, 5.41) is 43.9. The largest absolute Gasteiger partial charge is 0.508 e. The number of benzene rings is 3. The van der Waals surface area contributed by atoms with Crippen molar-refractivity contribution in [2.45, 2.75) is 0 Å². The second-order valence-corrected chi connectivity index (χ2v) is 5.82. The molecule has 0 saturated carbocycles. The first-order valence-corrected chi connectivity index (χ1v) is 7.81. The lowest BCUT2D eigenvalue weighted by atomic mass is 10.1. The lowest BCUT2D eigenvalue weighted by molar-refractivity contribution is 0.451. The molecule has 0 bridgehead atoms. The van der Waals surface area contributed by atoms with Crippen LogP contribution < -0.4 is 0 Å². The monoisotopic (exact) mass is 343 g/mol. The van der Waals surface area contributed by atoms with Crippen molar-refractivity contribution in [3.63, 3.8) is 0 Å². The van der Waals surface area contributed by atoms with Crippen molar-refractivity contribution < 1.29 is 15.3 Å². The Hall–Kier alpha value is -3.98. The van der Waals surface area contributed by atoms with Crippen molar-refractivity contribution in [3.8, 4) is 40.3 Å². The molecule has 1 heterocycles. The average Bonchev–Trinajstić information content (AvgIpc) is 3.00. The summed E-state index contributed by atoms with van der Waals surface area (Å²) in [4.78, 5) is 0. The van der Waals surface area contributed by atoms with E-state index in [2.05, 4.69) is 11.2 Å². The number of aromatic hydroxyl groups is 3. The Kier molecular flexibility index (Phi) is 3.48. The van der Waals surface area contributed by atoms with E-state index in [1.54, 1.807) is 53.2 Å². The number of rotatable bonds is 2. The second kappa shape index (κ2) is 5.83. The number of nitrogens with zero attached hydrogens (tertiary/aromatic N) is 3. The third-order valence-corrected chi connectivity index (χ3v) is 4.14. The van der Waals surface area contributed by atoms with E-state index >= 15 is 0 Å². The summed E-state index contributed by atoms with van der Waals surface area (Å²) in [5.74, 6) is -0.0436. The molecule has 6 nitrogen and oxygen atoms in total. The zero-order valence-corrected chi connectivity index (χ0v) is 13.5. The van der Waals surface area contributed by atoms with Gasteiger partial charge in [-0.2, -0.15) is 10.4 Å². The molecule has 1 aromatic heterocycles. The van der Waals surface area contributed by atoms with Gasteiger partial charge in [-0.25, -0.2) is 4.68 Å². The zero-order chi connectivity index (χ0) is 18.3. The molecule has 0 unspecified atom stereocenters. The van der Waals surface area contributed by atoms with E-state index < -0.39 is 0 Å². The molecular formula is C20H13N3O3. The van der Waals surface area contributed by atoms with E-state index in [9.17, 15) is 15.3 Å². The van der Waals surface area contributed by atoms with E-state index in [1.165, 1.54) is 12.1 Å². The number of hydrogen-bond donors (Lipinski definition) is 3. The molecule has 0 saturated heterocycles. The van der Waals surface area contributed by atoms with Crippen molar-refractivity contribution >= 4 is 10.9 Å². The van der Waals surface area contributed by atoms with Crippen molar-refractivity contribution in [1.82, 2.24) is 9.78 Å². The Balaban J connectivity index is 1.99. The van der Waals surface area contributed by atoms with Gasteiger partial charge in [-0.1, -0.05) is 0 Å². The molecule has 6 heteroatoms. The van der Waals surface area contributed by atoms with Crippen molar-refractivity contribution in [2.24, 2.45) is 0 Å². The maximum absolute atomic E-state index is 10.2. The van der Waals surface area contributed by atoms with Crippen LogP contribution in [0.4, 0.5) is 0 Å². The van der Waals surface area contributed by atoms with Gasteiger partial charge in [0.2, 0.25) is 0 Å². The van der Waals surface area contributed by atoms with Gasteiger partial charge in [-0.3, -0.25) is 0 Å². The summed E-state index contributed by atoms with van der Waals surface area (Å²) < 4.78 is 1.64. The van der Waals surface area contributed by atoms with Crippen LogP contribution in [-0.2, 0) is 0 Å². The maximum atomic E-state index is 10.2. The quantitative estimate of drug-likeness (QED) is 0.515. The Morgan fingerprint density at radius 2 is 1.54 bits per heavy atom. The molecule has 3 N–H and O–H groups in total. The Bertz CT molecular complexity index is 1170. The summed E-state index contributed by atoms with van der Waals surface area (Å²) in [6, 6.07) is 18.1.